The van der Waals surface area contributed by atoms with Crippen molar-refractivity contribution in [3.05, 3.63) is 35.6 Å². The Bertz CT molecular complexity index is 395. The van der Waals surface area contributed by atoms with Gasteiger partial charge in [-0.2, -0.15) is 13.2 Å². The fraction of sp³-hybridized carbons (Fsp3) is 0.571. The van der Waals surface area contributed by atoms with E-state index in [0.29, 0.717) is 12.1 Å². The molecule has 1 atom stereocenters. The van der Waals surface area contributed by atoms with Crippen LogP contribution in [0.1, 0.15) is 24.8 Å². The SMILES string of the molecule is CCCNCC(COCC(F)(F)F)c1cccc(F)c1. The lowest BCUT2D eigenvalue weighted by molar-refractivity contribution is -0.174. The predicted octanol–water partition coefficient (Wildman–Crippen LogP) is 3.49. The molecular formula is C14H19F4NO. The number of ether oxygens (including phenoxy) is 1. The van der Waals surface area contributed by atoms with E-state index in [1.807, 2.05) is 6.92 Å². The van der Waals surface area contributed by atoms with Crippen LogP contribution in [0.15, 0.2) is 24.3 Å². The lowest BCUT2D eigenvalue weighted by Gasteiger charge is -2.19. The quantitative estimate of drug-likeness (QED) is 0.585. The zero-order chi connectivity index (χ0) is 15.0. The number of rotatable bonds is 8. The van der Waals surface area contributed by atoms with Gasteiger partial charge in [-0.25, -0.2) is 4.39 Å². The van der Waals surface area contributed by atoms with Crippen molar-refractivity contribution in [1.82, 2.24) is 5.32 Å². The Kier molecular flexibility index (Phi) is 6.95. The Hall–Kier alpha value is -1.14. The molecule has 0 fully saturated rings. The maximum absolute atomic E-state index is 13.2. The van der Waals surface area contributed by atoms with E-state index in [1.54, 1.807) is 12.1 Å². The number of hydrogen-bond acceptors (Lipinski definition) is 2. The first kappa shape index (κ1) is 16.9. The van der Waals surface area contributed by atoms with Gasteiger partial charge in [-0.15, -0.1) is 0 Å². The Morgan fingerprint density at radius 1 is 1.30 bits per heavy atom. The van der Waals surface area contributed by atoms with Crippen molar-refractivity contribution in [2.24, 2.45) is 0 Å². The summed E-state index contributed by atoms with van der Waals surface area (Å²) in [5.41, 5.74) is 0.635. The van der Waals surface area contributed by atoms with E-state index in [2.05, 4.69) is 5.32 Å². The number of hydrogen-bond donors (Lipinski definition) is 1. The second-order valence-electron chi connectivity index (χ2n) is 4.59. The first-order valence-corrected chi connectivity index (χ1v) is 6.53. The molecule has 1 aromatic carbocycles. The average molecular weight is 293 g/mol. The van der Waals surface area contributed by atoms with Crippen molar-refractivity contribution in [2.75, 3.05) is 26.3 Å². The van der Waals surface area contributed by atoms with Crippen LogP contribution in [0.3, 0.4) is 0 Å². The highest BCUT2D eigenvalue weighted by Gasteiger charge is 2.28. The standard InChI is InChI=1S/C14H19F4NO/c1-2-6-19-8-12(9-20-10-14(16,17)18)11-4-3-5-13(15)7-11/h3-5,7,12,19H,2,6,8-10H2,1H3. The molecule has 2 nitrogen and oxygen atoms in total. The minimum atomic E-state index is -4.34. The second-order valence-corrected chi connectivity index (χ2v) is 4.59. The lowest BCUT2D eigenvalue weighted by atomic mass is 10.00. The molecule has 1 unspecified atom stereocenters. The van der Waals surface area contributed by atoms with Gasteiger partial charge in [0.05, 0.1) is 6.61 Å². The number of halogens is 4. The van der Waals surface area contributed by atoms with Crippen LogP contribution in [0.4, 0.5) is 17.6 Å². The second kappa shape index (κ2) is 8.21. The maximum Gasteiger partial charge on any atom is 0.411 e. The van der Waals surface area contributed by atoms with Crippen LogP contribution in [0.2, 0.25) is 0 Å². The van der Waals surface area contributed by atoms with Crippen LogP contribution >= 0.6 is 0 Å². The van der Waals surface area contributed by atoms with E-state index in [4.69, 9.17) is 4.74 Å². The maximum atomic E-state index is 13.2. The van der Waals surface area contributed by atoms with Gasteiger partial charge in [0.25, 0.3) is 0 Å². The van der Waals surface area contributed by atoms with Gasteiger partial charge >= 0.3 is 6.18 Å². The van der Waals surface area contributed by atoms with Gasteiger partial charge < -0.3 is 10.1 Å². The molecule has 0 heterocycles. The van der Waals surface area contributed by atoms with Crippen LogP contribution in [-0.2, 0) is 4.74 Å². The van der Waals surface area contributed by atoms with Crippen LogP contribution in [0, 0.1) is 5.82 Å². The van der Waals surface area contributed by atoms with E-state index in [-0.39, 0.29) is 12.5 Å². The molecular weight excluding hydrogens is 274 g/mol. The molecule has 0 bridgehead atoms. The molecule has 0 saturated carbocycles. The Balaban J connectivity index is 2.60. The number of benzene rings is 1. The molecule has 1 N–H and O–H groups in total. The number of alkyl halides is 3. The summed E-state index contributed by atoms with van der Waals surface area (Å²) in [5, 5.41) is 3.12. The fourth-order valence-corrected chi connectivity index (χ4v) is 1.80. The Labute approximate surface area is 116 Å². The van der Waals surface area contributed by atoms with Crippen LogP contribution < -0.4 is 5.32 Å². The van der Waals surface area contributed by atoms with E-state index in [1.165, 1.54) is 12.1 Å². The molecule has 1 rings (SSSR count). The van der Waals surface area contributed by atoms with Gasteiger partial charge in [-0.3, -0.25) is 0 Å². The van der Waals surface area contributed by atoms with Gasteiger partial charge in [0.1, 0.15) is 12.4 Å². The summed E-state index contributed by atoms with van der Waals surface area (Å²) in [6, 6.07) is 5.87. The van der Waals surface area contributed by atoms with Crippen molar-refractivity contribution in [2.45, 2.75) is 25.4 Å². The lowest BCUT2D eigenvalue weighted by Crippen LogP contribution is -2.27. The molecule has 0 aliphatic heterocycles. The van der Waals surface area contributed by atoms with Crippen molar-refractivity contribution in [3.63, 3.8) is 0 Å². The van der Waals surface area contributed by atoms with Gasteiger partial charge in [0, 0.05) is 12.5 Å². The fourth-order valence-electron chi connectivity index (χ4n) is 1.80. The van der Waals surface area contributed by atoms with E-state index in [9.17, 15) is 17.6 Å². The minimum absolute atomic E-state index is 0.0975. The van der Waals surface area contributed by atoms with Crippen LogP contribution in [-0.4, -0.2) is 32.5 Å². The summed E-state index contributed by atoms with van der Waals surface area (Å²) >= 11 is 0. The summed E-state index contributed by atoms with van der Waals surface area (Å²) < 4.78 is 54.1. The third kappa shape index (κ3) is 6.86. The van der Waals surface area contributed by atoms with Crippen molar-refractivity contribution in [1.29, 1.82) is 0 Å². The molecule has 0 amide bonds. The van der Waals surface area contributed by atoms with Crippen molar-refractivity contribution >= 4 is 0 Å². The van der Waals surface area contributed by atoms with Gasteiger partial charge in [0.15, 0.2) is 0 Å². The minimum Gasteiger partial charge on any atom is -0.371 e. The van der Waals surface area contributed by atoms with Crippen molar-refractivity contribution in [3.8, 4) is 0 Å². The molecule has 0 saturated heterocycles. The third-order valence-electron chi connectivity index (χ3n) is 2.72. The average Bonchev–Trinajstić information content (AvgIpc) is 2.36. The first-order chi connectivity index (χ1) is 9.42. The Morgan fingerprint density at radius 2 is 2.05 bits per heavy atom. The molecule has 0 aromatic heterocycles. The third-order valence-corrected chi connectivity index (χ3v) is 2.72. The van der Waals surface area contributed by atoms with E-state index >= 15 is 0 Å². The summed E-state index contributed by atoms with van der Waals surface area (Å²) in [6.07, 6.45) is -3.43. The summed E-state index contributed by atoms with van der Waals surface area (Å²) in [5.74, 6) is -0.710. The molecule has 1 aromatic rings. The zero-order valence-electron chi connectivity index (χ0n) is 11.3. The molecule has 0 aliphatic carbocycles. The molecule has 6 heteroatoms. The highest BCUT2D eigenvalue weighted by atomic mass is 19.4. The van der Waals surface area contributed by atoms with Crippen LogP contribution in [0.5, 0.6) is 0 Å². The predicted molar refractivity (Wildman–Crippen MR) is 69.2 cm³/mol. The summed E-state index contributed by atoms with van der Waals surface area (Å²) in [7, 11) is 0. The highest BCUT2D eigenvalue weighted by molar-refractivity contribution is 5.21. The van der Waals surface area contributed by atoms with E-state index in [0.717, 1.165) is 13.0 Å². The first-order valence-electron chi connectivity index (χ1n) is 6.53. The van der Waals surface area contributed by atoms with Crippen LogP contribution in [0.25, 0.3) is 0 Å². The van der Waals surface area contributed by atoms with Crippen molar-refractivity contribution < 1.29 is 22.3 Å². The smallest absolute Gasteiger partial charge is 0.371 e. The zero-order valence-corrected chi connectivity index (χ0v) is 11.3. The summed E-state index contributed by atoms with van der Waals surface area (Å²) in [4.78, 5) is 0. The molecule has 0 radical (unpaired) electrons. The highest BCUT2D eigenvalue weighted by Crippen LogP contribution is 2.19. The molecule has 0 aliphatic rings. The molecule has 114 valence electrons. The van der Waals surface area contributed by atoms with E-state index < -0.39 is 18.6 Å². The van der Waals surface area contributed by atoms with Gasteiger partial charge in [-0.1, -0.05) is 19.1 Å². The Morgan fingerprint density at radius 3 is 2.65 bits per heavy atom. The van der Waals surface area contributed by atoms with Gasteiger partial charge in [-0.05, 0) is 30.7 Å². The summed E-state index contributed by atoms with van der Waals surface area (Å²) in [6.45, 7) is 1.82. The molecule has 20 heavy (non-hydrogen) atoms. The normalized spacial score (nSPS) is 13.4. The number of nitrogens with one attached hydrogen (secondary N) is 1. The molecule has 0 spiro atoms. The topological polar surface area (TPSA) is 21.3 Å². The van der Waals surface area contributed by atoms with Gasteiger partial charge in [0.2, 0.25) is 0 Å². The monoisotopic (exact) mass is 293 g/mol. The largest absolute Gasteiger partial charge is 0.411 e.